The highest BCUT2D eigenvalue weighted by atomic mass is 16.6. The SMILES string of the molecule is CC(C)OCCOCCOCCOCCOCCOCCNC(=O)C(C)C. The average Bonchev–Trinajstić information content (AvgIpc) is 2.63. The molecule has 0 rings (SSSR count). The van der Waals surface area contributed by atoms with Crippen LogP contribution in [0.5, 0.6) is 0 Å². The van der Waals surface area contributed by atoms with Crippen LogP contribution in [-0.4, -0.2) is 91.2 Å². The Morgan fingerprint density at radius 2 is 1.00 bits per heavy atom. The van der Waals surface area contributed by atoms with Gasteiger partial charge in [-0.2, -0.15) is 0 Å². The molecule has 0 fully saturated rings. The zero-order chi connectivity index (χ0) is 20.2. The Hall–Kier alpha value is -0.770. The van der Waals surface area contributed by atoms with E-state index in [1.54, 1.807) is 0 Å². The summed E-state index contributed by atoms with van der Waals surface area (Å²) in [5.41, 5.74) is 0. The molecule has 0 aromatic heterocycles. The Kier molecular flexibility index (Phi) is 19.4. The third kappa shape index (κ3) is 21.4. The molecule has 0 aliphatic carbocycles. The maximum Gasteiger partial charge on any atom is 0.222 e. The number of carbonyl (C=O) groups is 1. The van der Waals surface area contributed by atoms with Crippen molar-refractivity contribution in [3.8, 4) is 0 Å². The van der Waals surface area contributed by atoms with Gasteiger partial charge in [0, 0.05) is 12.5 Å². The van der Waals surface area contributed by atoms with E-state index in [4.69, 9.17) is 28.4 Å². The lowest BCUT2D eigenvalue weighted by Crippen LogP contribution is -2.31. The lowest BCUT2D eigenvalue weighted by atomic mass is 10.2. The molecule has 0 aliphatic heterocycles. The Morgan fingerprint density at radius 3 is 1.37 bits per heavy atom. The normalized spacial score (nSPS) is 11.5. The molecule has 0 saturated heterocycles. The van der Waals surface area contributed by atoms with Crippen molar-refractivity contribution >= 4 is 5.91 Å². The minimum atomic E-state index is 0.00160. The Labute approximate surface area is 164 Å². The second-order valence-electron chi connectivity index (χ2n) is 6.43. The Bertz CT molecular complexity index is 327. The van der Waals surface area contributed by atoms with Gasteiger partial charge < -0.3 is 33.7 Å². The van der Waals surface area contributed by atoms with Crippen molar-refractivity contribution in [1.82, 2.24) is 5.32 Å². The van der Waals surface area contributed by atoms with Gasteiger partial charge in [0.2, 0.25) is 5.91 Å². The van der Waals surface area contributed by atoms with Gasteiger partial charge in [-0.1, -0.05) is 13.8 Å². The molecule has 0 saturated carbocycles. The summed E-state index contributed by atoms with van der Waals surface area (Å²) in [5.74, 6) is 0.0430. The molecule has 0 aromatic carbocycles. The fourth-order valence-electron chi connectivity index (χ4n) is 1.77. The van der Waals surface area contributed by atoms with Gasteiger partial charge >= 0.3 is 0 Å². The molecule has 0 atom stereocenters. The van der Waals surface area contributed by atoms with Crippen molar-refractivity contribution in [3.05, 3.63) is 0 Å². The van der Waals surface area contributed by atoms with E-state index in [2.05, 4.69) is 5.32 Å². The van der Waals surface area contributed by atoms with Crippen LogP contribution in [0.25, 0.3) is 0 Å². The molecule has 8 heteroatoms. The largest absolute Gasteiger partial charge is 0.377 e. The van der Waals surface area contributed by atoms with Crippen LogP contribution in [0.4, 0.5) is 0 Å². The summed E-state index contributed by atoms with van der Waals surface area (Å²) in [6.07, 6.45) is 0.238. The van der Waals surface area contributed by atoms with Crippen molar-refractivity contribution in [3.63, 3.8) is 0 Å². The highest BCUT2D eigenvalue weighted by molar-refractivity contribution is 5.77. The molecule has 0 aromatic rings. The molecule has 0 heterocycles. The van der Waals surface area contributed by atoms with Gasteiger partial charge in [0.25, 0.3) is 0 Å². The highest BCUT2D eigenvalue weighted by Gasteiger charge is 2.04. The summed E-state index contributed by atoms with van der Waals surface area (Å²) in [6.45, 7) is 14.2. The monoisotopic (exact) mass is 393 g/mol. The van der Waals surface area contributed by atoms with Crippen LogP contribution < -0.4 is 5.32 Å². The molecule has 8 nitrogen and oxygen atoms in total. The number of amides is 1. The third-order valence-electron chi connectivity index (χ3n) is 3.24. The second kappa shape index (κ2) is 20.0. The van der Waals surface area contributed by atoms with Gasteiger partial charge in [0.1, 0.15) is 0 Å². The van der Waals surface area contributed by atoms with Crippen molar-refractivity contribution in [2.24, 2.45) is 5.92 Å². The van der Waals surface area contributed by atoms with Crippen LogP contribution in [0.15, 0.2) is 0 Å². The summed E-state index contributed by atoms with van der Waals surface area (Å²) in [7, 11) is 0. The van der Waals surface area contributed by atoms with Crippen molar-refractivity contribution in [2.45, 2.75) is 33.8 Å². The number of ether oxygens (including phenoxy) is 6. The molecule has 1 N–H and O–H groups in total. The molecule has 0 spiro atoms. The lowest BCUT2D eigenvalue weighted by molar-refractivity contribution is -0.124. The van der Waals surface area contributed by atoms with Crippen LogP contribution in [0.2, 0.25) is 0 Å². The fraction of sp³-hybridized carbons (Fsp3) is 0.947. The molecular weight excluding hydrogens is 354 g/mol. The summed E-state index contributed by atoms with van der Waals surface area (Å²) in [4.78, 5) is 11.3. The van der Waals surface area contributed by atoms with Gasteiger partial charge in [-0.3, -0.25) is 4.79 Å². The van der Waals surface area contributed by atoms with E-state index in [1.165, 1.54) is 0 Å². The average molecular weight is 394 g/mol. The third-order valence-corrected chi connectivity index (χ3v) is 3.24. The first-order valence-corrected chi connectivity index (χ1v) is 9.82. The van der Waals surface area contributed by atoms with Gasteiger partial charge in [0.05, 0.1) is 78.8 Å². The van der Waals surface area contributed by atoms with Crippen LogP contribution in [0, 0.1) is 5.92 Å². The maximum absolute atomic E-state index is 11.3. The number of hydrogen-bond donors (Lipinski definition) is 1. The first kappa shape index (κ1) is 26.2. The quantitative estimate of drug-likeness (QED) is 0.312. The van der Waals surface area contributed by atoms with Crippen molar-refractivity contribution < 1.29 is 33.2 Å². The number of rotatable bonds is 20. The zero-order valence-electron chi connectivity index (χ0n) is 17.5. The lowest BCUT2D eigenvalue weighted by Gasteiger charge is -2.09. The number of hydrogen-bond acceptors (Lipinski definition) is 7. The first-order valence-electron chi connectivity index (χ1n) is 9.82. The molecule has 0 bridgehead atoms. The number of carbonyl (C=O) groups excluding carboxylic acids is 1. The molecule has 0 unspecified atom stereocenters. The van der Waals surface area contributed by atoms with E-state index in [0.29, 0.717) is 79.2 Å². The van der Waals surface area contributed by atoms with Gasteiger partial charge in [-0.05, 0) is 13.8 Å². The molecule has 27 heavy (non-hydrogen) atoms. The second-order valence-corrected chi connectivity index (χ2v) is 6.43. The Morgan fingerprint density at radius 1 is 0.630 bits per heavy atom. The van der Waals surface area contributed by atoms with Gasteiger partial charge in [0.15, 0.2) is 0 Å². The minimum Gasteiger partial charge on any atom is -0.377 e. The highest BCUT2D eigenvalue weighted by Crippen LogP contribution is 1.90. The van der Waals surface area contributed by atoms with Crippen LogP contribution in [-0.2, 0) is 33.2 Å². The van der Waals surface area contributed by atoms with Crippen molar-refractivity contribution in [2.75, 3.05) is 79.2 Å². The van der Waals surface area contributed by atoms with E-state index in [1.807, 2.05) is 27.7 Å². The molecule has 162 valence electrons. The summed E-state index contributed by atoms with van der Waals surface area (Å²) < 4.78 is 32.3. The van der Waals surface area contributed by atoms with Crippen LogP contribution in [0.1, 0.15) is 27.7 Å². The summed E-state index contributed by atoms with van der Waals surface area (Å²) in [5, 5.41) is 2.79. The fourth-order valence-corrected chi connectivity index (χ4v) is 1.77. The Balaban J connectivity index is 3.06. The molecular formula is C19H39NO7. The van der Waals surface area contributed by atoms with E-state index in [-0.39, 0.29) is 17.9 Å². The topological polar surface area (TPSA) is 84.5 Å². The molecule has 0 aliphatic rings. The zero-order valence-corrected chi connectivity index (χ0v) is 17.5. The standard InChI is InChI=1S/C19H39NO7/c1-17(2)19(21)20-5-6-22-7-8-23-9-10-24-11-12-25-13-14-26-15-16-27-18(3)4/h17-18H,5-16H2,1-4H3,(H,20,21). The van der Waals surface area contributed by atoms with E-state index >= 15 is 0 Å². The molecule has 1 amide bonds. The maximum atomic E-state index is 11.3. The predicted molar refractivity (Wildman–Crippen MR) is 103 cm³/mol. The van der Waals surface area contributed by atoms with E-state index in [0.717, 1.165) is 0 Å². The van der Waals surface area contributed by atoms with Crippen molar-refractivity contribution in [1.29, 1.82) is 0 Å². The van der Waals surface area contributed by atoms with E-state index in [9.17, 15) is 4.79 Å². The van der Waals surface area contributed by atoms with Gasteiger partial charge in [-0.25, -0.2) is 0 Å². The predicted octanol–water partition coefficient (Wildman–Crippen LogP) is 1.27. The smallest absolute Gasteiger partial charge is 0.222 e. The minimum absolute atomic E-state index is 0.00160. The number of nitrogens with one attached hydrogen (secondary N) is 1. The summed E-state index contributed by atoms with van der Waals surface area (Å²) in [6, 6.07) is 0. The van der Waals surface area contributed by atoms with Crippen LogP contribution >= 0.6 is 0 Å². The van der Waals surface area contributed by atoms with E-state index < -0.39 is 0 Å². The van der Waals surface area contributed by atoms with Gasteiger partial charge in [-0.15, -0.1) is 0 Å². The summed E-state index contributed by atoms with van der Waals surface area (Å²) >= 11 is 0. The molecule has 0 radical (unpaired) electrons. The van der Waals surface area contributed by atoms with Crippen LogP contribution in [0.3, 0.4) is 0 Å². The first-order chi connectivity index (χ1) is 13.0.